The lowest BCUT2D eigenvalue weighted by Gasteiger charge is -2.16. The molecule has 0 aromatic carbocycles. The number of rotatable bonds is 10. The van der Waals surface area contributed by atoms with Crippen LogP contribution >= 0.6 is 0 Å². The first-order valence-electron chi connectivity index (χ1n) is 6.15. The predicted molar refractivity (Wildman–Crippen MR) is 64.1 cm³/mol. The first kappa shape index (κ1) is 14.9. The third-order valence-electron chi connectivity index (χ3n) is 2.48. The average Bonchev–Trinajstić information content (AvgIpc) is 2.22. The van der Waals surface area contributed by atoms with E-state index in [0.717, 1.165) is 6.42 Å². The van der Waals surface area contributed by atoms with E-state index in [1.54, 1.807) is 0 Å². The molecule has 0 fully saturated rings. The zero-order chi connectivity index (χ0) is 11.5. The van der Waals surface area contributed by atoms with Gasteiger partial charge in [0.15, 0.2) is 0 Å². The minimum Gasteiger partial charge on any atom is -0.389 e. The Morgan fingerprint density at radius 3 is 2.60 bits per heavy atom. The molecule has 2 N–H and O–H groups in total. The third kappa shape index (κ3) is 10.2. The van der Waals surface area contributed by atoms with E-state index in [2.05, 4.69) is 19.2 Å². The third-order valence-corrected chi connectivity index (χ3v) is 2.48. The Hall–Kier alpha value is -0.120. The van der Waals surface area contributed by atoms with Crippen LogP contribution in [0.25, 0.3) is 0 Å². The molecule has 0 bridgehead atoms. The van der Waals surface area contributed by atoms with Crippen LogP contribution in [-0.4, -0.2) is 37.5 Å². The molecule has 3 nitrogen and oxygen atoms in total. The highest BCUT2D eigenvalue weighted by Gasteiger charge is 2.06. The van der Waals surface area contributed by atoms with Gasteiger partial charge in [-0.2, -0.15) is 0 Å². The van der Waals surface area contributed by atoms with E-state index >= 15 is 0 Å². The minimum absolute atomic E-state index is 0.272. The molecule has 0 saturated carbocycles. The number of likely N-dealkylation sites (N-methyl/N-ethyl adjacent to an activating group) is 1. The van der Waals surface area contributed by atoms with Crippen LogP contribution in [0.3, 0.4) is 0 Å². The number of aliphatic hydroxyl groups is 1. The molecular formula is C12H27NO2. The van der Waals surface area contributed by atoms with Crippen LogP contribution in [0.5, 0.6) is 0 Å². The molecule has 0 radical (unpaired) electrons. The largest absolute Gasteiger partial charge is 0.389 e. The van der Waals surface area contributed by atoms with Crippen molar-refractivity contribution in [2.24, 2.45) is 0 Å². The molecule has 92 valence electrons. The summed E-state index contributed by atoms with van der Waals surface area (Å²) in [5, 5.41) is 12.3. The van der Waals surface area contributed by atoms with Gasteiger partial charge in [0.05, 0.1) is 18.8 Å². The summed E-state index contributed by atoms with van der Waals surface area (Å²) in [6, 6.07) is 0. The molecule has 15 heavy (non-hydrogen) atoms. The van der Waals surface area contributed by atoms with Gasteiger partial charge in [-0.25, -0.2) is 0 Å². The van der Waals surface area contributed by atoms with Gasteiger partial charge in [-0.1, -0.05) is 32.6 Å². The van der Waals surface area contributed by atoms with Gasteiger partial charge in [0.1, 0.15) is 0 Å². The van der Waals surface area contributed by atoms with Crippen LogP contribution < -0.4 is 5.32 Å². The van der Waals surface area contributed by atoms with Crippen molar-refractivity contribution < 1.29 is 9.84 Å². The standard InChI is InChI=1S/C12H27NO2/c1-4-5-6-7-8-11(2)15-10-12(14)9-13-3/h11-14H,4-10H2,1-3H3. The predicted octanol–water partition coefficient (Wildman–Crippen LogP) is 1.94. The molecule has 3 heteroatoms. The van der Waals surface area contributed by atoms with Gasteiger partial charge >= 0.3 is 0 Å². The fraction of sp³-hybridized carbons (Fsp3) is 1.00. The number of hydrogen-bond donors (Lipinski definition) is 2. The molecule has 0 aliphatic carbocycles. The number of ether oxygens (including phenoxy) is 1. The molecule has 0 amide bonds. The lowest BCUT2D eigenvalue weighted by Crippen LogP contribution is -2.29. The molecule has 0 aromatic heterocycles. The zero-order valence-corrected chi connectivity index (χ0v) is 10.5. The number of unbranched alkanes of at least 4 members (excludes halogenated alkanes) is 3. The number of aliphatic hydroxyl groups excluding tert-OH is 1. The monoisotopic (exact) mass is 217 g/mol. The Kier molecular flexibility index (Phi) is 10.3. The summed E-state index contributed by atoms with van der Waals surface area (Å²) in [6.07, 6.45) is 6.11. The van der Waals surface area contributed by atoms with Crippen molar-refractivity contribution in [2.45, 2.75) is 58.2 Å². The first-order valence-corrected chi connectivity index (χ1v) is 6.15. The Labute approximate surface area is 94.2 Å². The molecule has 0 aliphatic heterocycles. The molecule has 0 heterocycles. The highest BCUT2D eigenvalue weighted by atomic mass is 16.5. The Morgan fingerprint density at radius 1 is 1.27 bits per heavy atom. The number of hydrogen-bond acceptors (Lipinski definition) is 3. The summed E-state index contributed by atoms with van der Waals surface area (Å²) >= 11 is 0. The second-order valence-corrected chi connectivity index (χ2v) is 4.20. The summed E-state index contributed by atoms with van der Waals surface area (Å²) in [5.74, 6) is 0. The van der Waals surface area contributed by atoms with Gasteiger partial charge in [-0.15, -0.1) is 0 Å². The highest BCUT2D eigenvalue weighted by molar-refractivity contribution is 4.58. The smallest absolute Gasteiger partial charge is 0.0897 e. The molecule has 0 aliphatic rings. The molecule has 0 saturated heterocycles. The van der Waals surface area contributed by atoms with Crippen molar-refractivity contribution in [1.29, 1.82) is 0 Å². The summed E-state index contributed by atoms with van der Waals surface area (Å²) in [4.78, 5) is 0. The molecule has 0 aromatic rings. The van der Waals surface area contributed by atoms with Crippen LogP contribution in [0.4, 0.5) is 0 Å². The molecule has 0 spiro atoms. The fourth-order valence-corrected chi connectivity index (χ4v) is 1.51. The van der Waals surface area contributed by atoms with Gasteiger partial charge in [0.2, 0.25) is 0 Å². The van der Waals surface area contributed by atoms with Crippen molar-refractivity contribution in [3.8, 4) is 0 Å². The van der Waals surface area contributed by atoms with E-state index in [0.29, 0.717) is 13.2 Å². The maximum atomic E-state index is 9.42. The second-order valence-electron chi connectivity index (χ2n) is 4.20. The van der Waals surface area contributed by atoms with E-state index in [9.17, 15) is 5.11 Å². The van der Waals surface area contributed by atoms with E-state index < -0.39 is 0 Å². The average molecular weight is 217 g/mol. The van der Waals surface area contributed by atoms with Gasteiger partial charge in [0.25, 0.3) is 0 Å². The highest BCUT2D eigenvalue weighted by Crippen LogP contribution is 2.07. The quantitative estimate of drug-likeness (QED) is 0.550. The lowest BCUT2D eigenvalue weighted by molar-refractivity contribution is -0.00434. The van der Waals surface area contributed by atoms with Crippen molar-refractivity contribution in [1.82, 2.24) is 5.32 Å². The van der Waals surface area contributed by atoms with Crippen molar-refractivity contribution in [3.05, 3.63) is 0 Å². The van der Waals surface area contributed by atoms with Gasteiger partial charge in [0, 0.05) is 6.54 Å². The van der Waals surface area contributed by atoms with Crippen LogP contribution in [0.1, 0.15) is 46.0 Å². The maximum Gasteiger partial charge on any atom is 0.0897 e. The Morgan fingerprint density at radius 2 is 2.00 bits per heavy atom. The summed E-state index contributed by atoms with van der Waals surface area (Å²) in [7, 11) is 1.83. The number of nitrogens with one attached hydrogen (secondary N) is 1. The molecular weight excluding hydrogens is 190 g/mol. The molecule has 2 atom stereocenters. The molecule has 2 unspecified atom stereocenters. The van der Waals surface area contributed by atoms with E-state index in [-0.39, 0.29) is 12.2 Å². The van der Waals surface area contributed by atoms with E-state index in [1.165, 1.54) is 25.7 Å². The Balaban J connectivity index is 3.28. The lowest BCUT2D eigenvalue weighted by atomic mass is 10.1. The second kappa shape index (κ2) is 10.4. The van der Waals surface area contributed by atoms with E-state index in [4.69, 9.17) is 4.74 Å². The van der Waals surface area contributed by atoms with Crippen LogP contribution in [0.15, 0.2) is 0 Å². The van der Waals surface area contributed by atoms with Crippen molar-refractivity contribution in [3.63, 3.8) is 0 Å². The minimum atomic E-state index is -0.381. The summed E-state index contributed by atoms with van der Waals surface area (Å²) < 4.78 is 5.55. The zero-order valence-electron chi connectivity index (χ0n) is 10.5. The molecule has 0 rings (SSSR count). The Bertz CT molecular complexity index is 131. The van der Waals surface area contributed by atoms with Gasteiger partial charge < -0.3 is 15.2 Å². The van der Waals surface area contributed by atoms with Gasteiger partial charge in [-0.3, -0.25) is 0 Å². The van der Waals surface area contributed by atoms with Crippen molar-refractivity contribution >= 4 is 0 Å². The topological polar surface area (TPSA) is 41.5 Å². The summed E-state index contributed by atoms with van der Waals surface area (Å²) in [6.45, 7) is 5.34. The van der Waals surface area contributed by atoms with Crippen LogP contribution in [-0.2, 0) is 4.74 Å². The van der Waals surface area contributed by atoms with Gasteiger partial charge in [-0.05, 0) is 20.4 Å². The van der Waals surface area contributed by atoms with Crippen LogP contribution in [0.2, 0.25) is 0 Å². The van der Waals surface area contributed by atoms with Crippen molar-refractivity contribution in [2.75, 3.05) is 20.2 Å². The maximum absolute atomic E-state index is 9.42. The fourth-order valence-electron chi connectivity index (χ4n) is 1.51. The summed E-state index contributed by atoms with van der Waals surface area (Å²) in [5.41, 5.74) is 0. The first-order chi connectivity index (χ1) is 7.20. The van der Waals surface area contributed by atoms with Crippen LogP contribution in [0, 0.1) is 0 Å². The normalized spacial score (nSPS) is 15.2. The SMILES string of the molecule is CCCCCCC(C)OCC(O)CNC. The van der Waals surface area contributed by atoms with E-state index in [1.807, 2.05) is 7.05 Å².